The summed E-state index contributed by atoms with van der Waals surface area (Å²) in [5.41, 5.74) is 4.17. The van der Waals surface area contributed by atoms with Crippen molar-refractivity contribution in [2.75, 3.05) is 26.2 Å². The lowest BCUT2D eigenvalue weighted by atomic mass is 10.1. The second-order valence-electron chi connectivity index (χ2n) is 6.50. The van der Waals surface area contributed by atoms with Crippen molar-refractivity contribution >= 4 is 5.70 Å². The van der Waals surface area contributed by atoms with Crippen LogP contribution in [0, 0.1) is 11.8 Å². The molecule has 0 spiro atoms. The summed E-state index contributed by atoms with van der Waals surface area (Å²) in [6, 6.07) is 18.4. The lowest BCUT2D eigenvalue weighted by Gasteiger charge is -2.26. The molecule has 2 nitrogen and oxygen atoms in total. The van der Waals surface area contributed by atoms with Crippen LogP contribution in [0.4, 0.5) is 0 Å². The van der Waals surface area contributed by atoms with Crippen molar-refractivity contribution in [3.8, 4) is 11.8 Å². The molecule has 0 saturated carbocycles. The van der Waals surface area contributed by atoms with E-state index in [1.54, 1.807) is 0 Å². The van der Waals surface area contributed by atoms with E-state index >= 15 is 0 Å². The maximum atomic E-state index is 4.17. The molecule has 2 aromatic rings. The number of benzene rings is 2. The van der Waals surface area contributed by atoms with Crippen LogP contribution >= 0.6 is 0 Å². The molecule has 0 amide bonds. The number of nitrogens with zero attached hydrogens (tertiary/aromatic N) is 1. The number of hydrogen-bond acceptors (Lipinski definition) is 2. The Hall–Kier alpha value is -2.50. The normalized spacial score (nSPS) is 14.4. The van der Waals surface area contributed by atoms with E-state index in [1.165, 1.54) is 32.4 Å². The van der Waals surface area contributed by atoms with Gasteiger partial charge in [0, 0.05) is 29.9 Å². The number of nitrogens with one attached hydrogen (secondary N) is 1. The smallest absolute Gasteiger partial charge is 0.0341 e. The Balaban J connectivity index is 1.49. The highest BCUT2D eigenvalue weighted by molar-refractivity contribution is 5.62. The van der Waals surface area contributed by atoms with E-state index in [-0.39, 0.29) is 0 Å². The third-order valence-electron chi connectivity index (χ3n) is 4.57. The van der Waals surface area contributed by atoms with Crippen LogP contribution in [0.1, 0.15) is 36.0 Å². The monoisotopic (exact) mass is 330 g/mol. The van der Waals surface area contributed by atoms with Gasteiger partial charge < -0.3 is 10.2 Å². The third kappa shape index (κ3) is 5.52. The summed E-state index contributed by atoms with van der Waals surface area (Å²) in [7, 11) is 0. The summed E-state index contributed by atoms with van der Waals surface area (Å²) in [5.74, 6) is 6.39. The molecule has 3 rings (SSSR count). The lowest BCUT2D eigenvalue weighted by Crippen LogP contribution is -2.35. The van der Waals surface area contributed by atoms with Gasteiger partial charge in [-0.1, -0.05) is 55.2 Å². The first-order valence-corrected chi connectivity index (χ1v) is 9.14. The quantitative estimate of drug-likeness (QED) is 0.829. The van der Waals surface area contributed by atoms with E-state index < -0.39 is 0 Å². The molecule has 0 radical (unpaired) electrons. The van der Waals surface area contributed by atoms with Gasteiger partial charge in [-0.2, -0.15) is 0 Å². The fourth-order valence-corrected chi connectivity index (χ4v) is 3.07. The molecule has 0 bridgehead atoms. The van der Waals surface area contributed by atoms with Crippen LogP contribution in [0.15, 0.2) is 61.2 Å². The van der Waals surface area contributed by atoms with Crippen LogP contribution in [0.25, 0.3) is 5.70 Å². The number of hydrogen-bond donors (Lipinski definition) is 1. The van der Waals surface area contributed by atoms with Crippen LogP contribution in [-0.4, -0.2) is 31.1 Å². The van der Waals surface area contributed by atoms with Gasteiger partial charge in [0.25, 0.3) is 0 Å². The number of likely N-dealkylation sites (tertiary alicyclic amines) is 1. The predicted molar refractivity (Wildman–Crippen MR) is 106 cm³/mol. The highest BCUT2D eigenvalue weighted by Crippen LogP contribution is 2.11. The molecule has 1 N–H and O–H groups in total. The fraction of sp³-hybridized carbons (Fsp3) is 0.304. The van der Waals surface area contributed by atoms with Gasteiger partial charge in [-0.15, -0.1) is 0 Å². The molecule has 1 heterocycles. The Morgan fingerprint density at radius 1 is 0.880 bits per heavy atom. The molecule has 128 valence electrons. The minimum atomic E-state index is 0.953. The standard InChI is InChI=1S/C23H26N2/c1-20(24-16-19-25-17-6-3-7-18-25)23-14-12-22(13-15-23)11-10-21-8-4-2-5-9-21/h2,4-5,8-9,12-15,24H,1,3,6-7,16-19H2. The minimum Gasteiger partial charge on any atom is -0.384 e. The largest absolute Gasteiger partial charge is 0.384 e. The average Bonchev–Trinajstić information content (AvgIpc) is 2.68. The predicted octanol–water partition coefficient (Wildman–Crippen LogP) is 4.13. The Morgan fingerprint density at radius 2 is 1.52 bits per heavy atom. The van der Waals surface area contributed by atoms with E-state index in [1.807, 2.05) is 30.3 Å². The van der Waals surface area contributed by atoms with Crippen molar-refractivity contribution in [1.82, 2.24) is 10.2 Å². The van der Waals surface area contributed by atoms with E-state index in [4.69, 9.17) is 0 Å². The van der Waals surface area contributed by atoms with Gasteiger partial charge in [0.15, 0.2) is 0 Å². The number of rotatable bonds is 5. The second-order valence-corrected chi connectivity index (χ2v) is 6.50. The van der Waals surface area contributed by atoms with Crippen LogP contribution in [0.2, 0.25) is 0 Å². The molecule has 2 heteroatoms. The van der Waals surface area contributed by atoms with Gasteiger partial charge in [0.1, 0.15) is 0 Å². The summed E-state index contributed by atoms with van der Waals surface area (Å²) >= 11 is 0. The molecule has 0 aromatic heterocycles. The molecule has 2 aromatic carbocycles. The van der Waals surface area contributed by atoms with Gasteiger partial charge >= 0.3 is 0 Å². The molecule has 1 saturated heterocycles. The van der Waals surface area contributed by atoms with Gasteiger partial charge in [0.05, 0.1) is 0 Å². The van der Waals surface area contributed by atoms with Crippen LogP contribution in [0.3, 0.4) is 0 Å². The van der Waals surface area contributed by atoms with Gasteiger partial charge in [-0.3, -0.25) is 0 Å². The van der Waals surface area contributed by atoms with Crippen molar-refractivity contribution in [1.29, 1.82) is 0 Å². The van der Waals surface area contributed by atoms with E-state index in [0.717, 1.165) is 35.5 Å². The van der Waals surface area contributed by atoms with Crippen molar-refractivity contribution < 1.29 is 0 Å². The number of piperidine rings is 1. The maximum absolute atomic E-state index is 4.17. The van der Waals surface area contributed by atoms with E-state index in [0.29, 0.717) is 0 Å². The van der Waals surface area contributed by atoms with Gasteiger partial charge in [-0.25, -0.2) is 0 Å². The van der Waals surface area contributed by atoms with Crippen molar-refractivity contribution in [3.05, 3.63) is 77.9 Å². The SMILES string of the molecule is C=C(NCCN1CCCCC1)c1ccc(C#Cc2ccccc2)cc1. The van der Waals surface area contributed by atoms with E-state index in [9.17, 15) is 0 Å². The Labute approximate surface area is 151 Å². The third-order valence-corrected chi connectivity index (χ3v) is 4.57. The summed E-state index contributed by atoms with van der Waals surface area (Å²) in [4.78, 5) is 2.53. The first-order chi connectivity index (χ1) is 12.3. The topological polar surface area (TPSA) is 15.3 Å². The molecule has 25 heavy (non-hydrogen) atoms. The molecule has 0 aliphatic carbocycles. The van der Waals surface area contributed by atoms with Gasteiger partial charge in [0.2, 0.25) is 0 Å². The van der Waals surface area contributed by atoms with Crippen LogP contribution < -0.4 is 5.32 Å². The highest BCUT2D eigenvalue weighted by Gasteiger charge is 2.09. The summed E-state index contributed by atoms with van der Waals surface area (Å²) < 4.78 is 0. The van der Waals surface area contributed by atoms with Crippen molar-refractivity contribution in [3.63, 3.8) is 0 Å². The summed E-state index contributed by atoms with van der Waals surface area (Å²) in [6.45, 7) is 8.69. The Bertz CT molecular complexity index is 729. The van der Waals surface area contributed by atoms with Crippen LogP contribution in [0.5, 0.6) is 0 Å². The maximum Gasteiger partial charge on any atom is 0.0341 e. The molecule has 1 aliphatic rings. The van der Waals surface area contributed by atoms with Gasteiger partial charge in [-0.05, 0) is 55.8 Å². The first-order valence-electron chi connectivity index (χ1n) is 9.14. The van der Waals surface area contributed by atoms with Crippen LogP contribution in [-0.2, 0) is 0 Å². The summed E-state index contributed by atoms with van der Waals surface area (Å²) in [6.07, 6.45) is 4.06. The van der Waals surface area contributed by atoms with E-state index in [2.05, 4.69) is 52.9 Å². The highest BCUT2D eigenvalue weighted by atomic mass is 15.1. The second kappa shape index (κ2) is 9.11. The molecule has 1 aliphatic heterocycles. The zero-order valence-corrected chi connectivity index (χ0v) is 14.8. The van der Waals surface area contributed by atoms with Crippen molar-refractivity contribution in [2.24, 2.45) is 0 Å². The zero-order chi connectivity index (χ0) is 17.3. The molecular formula is C23H26N2. The fourth-order valence-electron chi connectivity index (χ4n) is 3.07. The first kappa shape index (κ1) is 17.3. The summed E-state index contributed by atoms with van der Waals surface area (Å²) in [5, 5.41) is 3.45. The average molecular weight is 330 g/mol. The van der Waals surface area contributed by atoms with Crippen molar-refractivity contribution in [2.45, 2.75) is 19.3 Å². The molecule has 1 fully saturated rings. The molecular weight excluding hydrogens is 304 g/mol. The Morgan fingerprint density at radius 3 is 2.20 bits per heavy atom. The lowest BCUT2D eigenvalue weighted by molar-refractivity contribution is 0.232. The Kier molecular flexibility index (Phi) is 6.31. The zero-order valence-electron chi connectivity index (χ0n) is 14.8. The molecule has 0 unspecified atom stereocenters. The minimum absolute atomic E-state index is 0.953. The molecule has 0 atom stereocenters.